The predicted octanol–water partition coefficient (Wildman–Crippen LogP) is 2.66. The number of urea groups is 1. The molecule has 1 aromatic heterocycles. The van der Waals surface area contributed by atoms with Crippen LogP contribution in [0.1, 0.15) is 18.9 Å². The van der Waals surface area contributed by atoms with Gasteiger partial charge in [-0.25, -0.2) is 4.79 Å². The topological polar surface area (TPSA) is 147 Å². The van der Waals surface area contributed by atoms with E-state index in [9.17, 15) is 25.0 Å². The van der Waals surface area contributed by atoms with Crippen LogP contribution in [0.4, 0.5) is 15.5 Å². The Bertz CT molecular complexity index is 888. The van der Waals surface area contributed by atoms with Crippen LogP contribution in [0.5, 0.6) is 0 Å². The van der Waals surface area contributed by atoms with E-state index >= 15 is 0 Å². The fraction of sp³-hybridized carbons (Fsp3) is 0.250. The lowest BCUT2D eigenvalue weighted by Gasteiger charge is -2.06. The molecule has 27 heavy (non-hydrogen) atoms. The number of rotatable bonds is 7. The first kappa shape index (κ1) is 19.8. The van der Waals surface area contributed by atoms with Gasteiger partial charge in [-0.15, -0.1) is 0 Å². The van der Waals surface area contributed by atoms with Gasteiger partial charge in [-0.3, -0.25) is 20.2 Å². The second-order valence-electron chi connectivity index (χ2n) is 5.09. The zero-order valence-electron chi connectivity index (χ0n) is 14.2. The molecule has 11 heteroatoms. The van der Waals surface area contributed by atoms with Crippen molar-refractivity contribution in [1.29, 1.82) is 5.26 Å². The predicted molar refractivity (Wildman–Crippen MR) is 97.2 cm³/mol. The van der Waals surface area contributed by atoms with Crippen molar-refractivity contribution in [1.82, 2.24) is 9.69 Å². The summed E-state index contributed by atoms with van der Waals surface area (Å²) in [7, 11) is 0. The average molecular weight is 389 g/mol. The molecular formula is C16H15N5O5S. The molecule has 0 saturated carbocycles. The van der Waals surface area contributed by atoms with Crippen molar-refractivity contribution in [2.75, 3.05) is 18.5 Å². The molecule has 0 aliphatic heterocycles. The van der Waals surface area contributed by atoms with Crippen molar-refractivity contribution >= 4 is 34.2 Å². The molecule has 2 N–H and O–H groups in total. The normalized spacial score (nSPS) is 9.93. The van der Waals surface area contributed by atoms with E-state index in [0.717, 1.165) is 11.5 Å². The summed E-state index contributed by atoms with van der Waals surface area (Å²) in [5.41, 5.74) is 0.907. The molecule has 10 nitrogen and oxygen atoms in total. The van der Waals surface area contributed by atoms with E-state index < -0.39 is 16.9 Å². The van der Waals surface area contributed by atoms with Gasteiger partial charge in [0.15, 0.2) is 0 Å². The first-order valence-electron chi connectivity index (χ1n) is 7.81. The summed E-state index contributed by atoms with van der Waals surface area (Å²) in [5, 5.41) is 25.3. The maximum absolute atomic E-state index is 11.9. The molecule has 0 radical (unpaired) electrons. The van der Waals surface area contributed by atoms with Crippen LogP contribution in [-0.4, -0.2) is 34.4 Å². The van der Waals surface area contributed by atoms with Crippen molar-refractivity contribution < 1.29 is 19.2 Å². The van der Waals surface area contributed by atoms with Crippen LogP contribution < -0.4 is 10.6 Å². The van der Waals surface area contributed by atoms with Crippen molar-refractivity contribution in [3.05, 3.63) is 39.9 Å². The van der Waals surface area contributed by atoms with Crippen molar-refractivity contribution in [2.45, 2.75) is 13.3 Å². The fourth-order valence-corrected chi connectivity index (χ4v) is 2.83. The Morgan fingerprint density at radius 3 is 2.67 bits per heavy atom. The molecular weight excluding hydrogens is 374 g/mol. The zero-order chi connectivity index (χ0) is 19.8. The van der Waals surface area contributed by atoms with Crippen molar-refractivity contribution in [3.63, 3.8) is 0 Å². The second-order valence-corrected chi connectivity index (χ2v) is 5.86. The monoisotopic (exact) mass is 389 g/mol. The molecule has 0 spiro atoms. The number of hydrogen-bond acceptors (Lipinski definition) is 8. The Hall–Kier alpha value is -3.52. The van der Waals surface area contributed by atoms with Gasteiger partial charge in [-0.1, -0.05) is 0 Å². The highest BCUT2D eigenvalue weighted by Gasteiger charge is 2.18. The SMILES string of the molecule is CCOC(=O)CCNC(=O)Nc1snc(-c2ccc([N+](=O)[O-])cc2)c1C#N. The van der Waals surface area contributed by atoms with Gasteiger partial charge in [0.05, 0.1) is 18.0 Å². The van der Waals surface area contributed by atoms with Gasteiger partial charge in [-0.2, -0.15) is 9.64 Å². The van der Waals surface area contributed by atoms with E-state index in [2.05, 4.69) is 15.0 Å². The number of hydrogen-bond donors (Lipinski definition) is 2. The number of nitrogens with zero attached hydrogens (tertiary/aromatic N) is 3. The van der Waals surface area contributed by atoms with E-state index in [0.29, 0.717) is 11.3 Å². The molecule has 0 fully saturated rings. The van der Waals surface area contributed by atoms with E-state index in [-0.39, 0.29) is 35.8 Å². The van der Waals surface area contributed by atoms with Crippen LogP contribution in [0.2, 0.25) is 0 Å². The Kier molecular flexibility index (Phi) is 6.79. The summed E-state index contributed by atoms with van der Waals surface area (Å²) in [5.74, 6) is -0.422. The van der Waals surface area contributed by atoms with Crippen LogP contribution in [0.15, 0.2) is 24.3 Å². The van der Waals surface area contributed by atoms with Crippen molar-refractivity contribution in [3.8, 4) is 17.3 Å². The van der Waals surface area contributed by atoms with E-state index in [4.69, 9.17) is 4.74 Å². The number of amides is 2. The summed E-state index contributed by atoms with van der Waals surface area (Å²) in [4.78, 5) is 33.3. The summed E-state index contributed by atoms with van der Waals surface area (Å²) in [6.07, 6.45) is 0.0309. The number of nitro benzene ring substituents is 1. The van der Waals surface area contributed by atoms with E-state index in [1.807, 2.05) is 6.07 Å². The Morgan fingerprint density at radius 2 is 2.07 bits per heavy atom. The van der Waals surface area contributed by atoms with Crippen LogP contribution in [0.25, 0.3) is 11.3 Å². The lowest BCUT2D eigenvalue weighted by Crippen LogP contribution is -2.30. The lowest BCUT2D eigenvalue weighted by molar-refractivity contribution is -0.384. The number of ether oxygens (including phenoxy) is 1. The minimum absolute atomic E-state index is 0.0309. The van der Waals surface area contributed by atoms with Crippen LogP contribution in [-0.2, 0) is 9.53 Å². The first-order valence-corrected chi connectivity index (χ1v) is 8.58. The third-order valence-corrected chi connectivity index (χ3v) is 4.07. The maximum Gasteiger partial charge on any atom is 0.319 e. The smallest absolute Gasteiger partial charge is 0.319 e. The lowest BCUT2D eigenvalue weighted by atomic mass is 10.1. The number of aromatic nitrogens is 1. The van der Waals surface area contributed by atoms with E-state index in [1.165, 1.54) is 24.3 Å². The minimum atomic E-state index is -0.588. The zero-order valence-corrected chi connectivity index (χ0v) is 15.0. The summed E-state index contributed by atoms with van der Waals surface area (Å²) in [6.45, 7) is 2.04. The Balaban J connectivity index is 2.05. The number of carbonyl (C=O) groups is 2. The molecule has 2 rings (SSSR count). The molecule has 0 aliphatic carbocycles. The van der Waals surface area contributed by atoms with Crippen LogP contribution in [0.3, 0.4) is 0 Å². The highest BCUT2D eigenvalue weighted by atomic mass is 32.1. The highest BCUT2D eigenvalue weighted by molar-refractivity contribution is 7.11. The molecule has 140 valence electrons. The van der Waals surface area contributed by atoms with Gasteiger partial charge in [0.1, 0.15) is 22.3 Å². The number of nitriles is 1. The number of carbonyl (C=O) groups excluding carboxylic acids is 2. The van der Waals surface area contributed by atoms with Gasteiger partial charge in [0.25, 0.3) is 5.69 Å². The van der Waals surface area contributed by atoms with Gasteiger partial charge >= 0.3 is 12.0 Å². The average Bonchev–Trinajstić information content (AvgIpc) is 3.04. The highest BCUT2D eigenvalue weighted by Crippen LogP contribution is 2.32. The molecule has 2 amide bonds. The van der Waals surface area contributed by atoms with Gasteiger partial charge in [-0.05, 0) is 30.6 Å². The molecule has 0 atom stereocenters. The summed E-state index contributed by atoms with van der Waals surface area (Å²) in [6, 6.07) is 6.97. The van der Waals surface area contributed by atoms with E-state index in [1.54, 1.807) is 6.92 Å². The molecule has 1 aromatic carbocycles. The molecule has 0 bridgehead atoms. The summed E-state index contributed by atoms with van der Waals surface area (Å²) < 4.78 is 8.90. The van der Waals surface area contributed by atoms with Gasteiger partial charge in [0.2, 0.25) is 0 Å². The molecule has 0 unspecified atom stereocenters. The molecule has 1 heterocycles. The van der Waals surface area contributed by atoms with Gasteiger partial charge in [0, 0.05) is 24.2 Å². The molecule has 0 aliphatic rings. The molecule has 0 saturated heterocycles. The summed E-state index contributed by atoms with van der Waals surface area (Å²) >= 11 is 0.912. The number of esters is 1. The minimum Gasteiger partial charge on any atom is -0.466 e. The third kappa shape index (κ3) is 5.23. The van der Waals surface area contributed by atoms with Crippen molar-refractivity contribution in [2.24, 2.45) is 0 Å². The quantitative estimate of drug-likeness (QED) is 0.420. The number of nitrogens with one attached hydrogen (secondary N) is 2. The number of non-ortho nitro benzene ring substituents is 1. The van der Waals surface area contributed by atoms with Gasteiger partial charge < -0.3 is 10.1 Å². The van der Waals surface area contributed by atoms with Crippen LogP contribution in [0, 0.1) is 21.4 Å². The molecule has 2 aromatic rings. The largest absolute Gasteiger partial charge is 0.466 e. The number of benzene rings is 1. The number of nitro groups is 1. The first-order chi connectivity index (χ1) is 13.0. The fourth-order valence-electron chi connectivity index (χ4n) is 2.08. The third-order valence-electron chi connectivity index (χ3n) is 3.30. The standard InChI is InChI=1S/C16H15N5O5S/c1-2-26-13(22)7-8-18-16(23)19-15-12(9-17)14(20-27-15)10-3-5-11(6-4-10)21(24)25/h3-6H,2,7-8H2,1H3,(H2,18,19,23). The maximum atomic E-state index is 11.9. The number of anilines is 1. The van der Waals surface area contributed by atoms with Crippen LogP contribution >= 0.6 is 11.5 Å². The Labute approximate surface area is 158 Å². The second kappa shape index (κ2) is 9.25. The Morgan fingerprint density at radius 1 is 1.37 bits per heavy atom.